The minimum absolute atomic E-state index is 0.207. The molecule has 0 unspecified atom stereocenters. The zero-order chi connectivity index (χ0) is 20.9. The molecule has 3 aromatic rings. The topological polar surface area (TPSA) is 63.1 Å². The third kappa shape index (κ3) is 4.94. The minimum Gasteiger partial charge on any atom is -0.347 e. The van der Waals surface area contributed by atoms with Crippen LogP contribution < -0.4 is 5.32 Å². The van der Waals surface area contributed by atoms with Crippen molar-refractivity contribution < 1.29 is 4.79 Å². The lowest BCUT2D eigenvalue weighted by Crippen LogP contribution is -2.32. The number of hydrogen-bond donors (Lipinski definition) is 1. The number of benzene rings is 2. The molecule has 1 saturated heterocycles. The van der Waals surface area contributed by atoms with Crippen molar-refractivity contribution in [1.29, 1.82) is 0 Å². The normalized spacial score (nSPS) is 15.3. The number of para-hydroxylation sites is 1. The predicted molar refractivity (Wildman–Crippen MR) is 117 cm³/mol. The van der Waals surface area contributed by atoms with Gasteiger partial charge >= 0.3 is 0 Å². The molecule has 6 nitrogen and oxygen atoms in total. The average Bonchev–Trinajstić information content (AvgIpc) is 3.17. The molecule has 0 spiro atoms. The molecule has 4 rings (SSSR count). The fourth-order valence-corrected chi connectivity index (χ4v) is 3.77. The Kier molecular flexibility index (Phi) is 6.23. The lowest BCUT2D eigenvalue weighted by atomic mass is 9.99. The number of nitrogens with one attached hydrogen (secondary N) is 1. The summed E-state index contributed by atoms with van der Waals surface area (Å²) in [6.45, 7) is 7.98. The number of rotatable bonds is 6. The summed E-state index contributed by atoms with van der Waals surface area (Å²) >= 11 is 0. The summed E-state index contributed by atoms with van der Waals surface area (Å²) in [5, 5.41) is 11.7. The van der Waals surface area contributed by atoms with Gasteiger partial charge in [-0.15, -0.1) is 5.10 Å². The minimum atomic E-state index is -0.207. The van der Waals surface area contributed by atoms with Gasteiger partial charge in [-0.25, -0.2) is 0 Å². The van der Waals surface area contributed by atoms with E-state index in [9.17, 15) is 4.79 Å². The molecule has 1 aliphatic rings. The van der Waals surface area contributed by atoms with Crippen LogP contribution in [0.3, 0.4) is 0 Å². The van der Waals surface area contributed by atoms with E-state index in [1.54, 1.807) is 6.92 Å². The lowest BCUT2D eigenvalue weighted by molar-refractivity contribution is 0.0945. The second kappa shape index (κ2) is 9.22. The molecule has 1 N–H and O–H groups in total. The van der Waals surface area contributed by atoms with Gasteiger partial charge in [-0.1, -0.05) is 49.4 Å². The van der Waals surface area contributed by atoms with E-state index in [0.717, 1.165) is 23.7 Å². The number of aryl methyl sites for hydroxylation is 1. The molecule has 0 aliphatic carbocycles. The summed E-state index contributed by atoms with van der Waals surface area (Å²) in [5.41, 5.74) is 4.20. The van der Waals surface area contributed by atoms with Crippen molar-refractivity contribution in [3.8, 4) is 5.69 Å². The van der Waals surface area contributed by atoms with Crippen LogP contribution in [0.5, 0.6) is 0 Å². The molecule has 1 fully saturated rings. The third-order valence-electron chi connectivity index (χ3n) is 5.74. The van der Waals surface area contributed by atoms with E-state index >= 15 is 0 Å². The first-order valence-electron chi connectivity index (χ1n) is 10.7. The van der Waals surface area contributed by atoms with Crippen LogP contribution in [0.25, 0.3) is 5.69 Å². The van der Waals surface area contributed by atoms with Gasteiger partial charge in [0.2, 0.25) is 0 Å². The van der Waals surface area contributed by atoms with E-state index in [1.807, 2.05) is 30.3 Å². The Morgan fingerprint density at radius 3 is 2.37 bits per heavy atom. The summed E-state index contributed by atoms with van der Waals surface area (Å²) in [6, 6.07) is 18.1. The van der Waals surface area contributed by atoms with Gasteiger partial charge < -0.3 is 5.32 Å². The van der Waals surface area contributed by atoms with Gasteiger partial charge in [-0.2, -0.15) is 9.90 Å². The summed E-state index contributed by atoms with van der Waals surface area (Å²) in [7, 11) is 0. The summed E-state index contributed by atoms with van der Waals surface area (Å²) in [5.74, 6) is 0.645. The van der Waals surface area contributed by atoms with Crippen LogP contribution in [0.2, 0.25) is 0 Å². The van der Waals surface area contributed by atoms with Crippen LogP contribution >= 0.6 is 0 Å². The Hall–Kier alpha value is -2.99. The summed E-state index contributed by atoms with van der Waals surface area (Å²) in [4.78, 5) is 16.6. The van der Waals surface area contributed by atoms with Crippen molar-refractivity contribution >= 4 is 5.91 Å². The molecule has 6 heteroatoms. The van der Waals surface area contributed by atoms with Crippen molar-refractivity contribution in [1.82, 2.24) is 25.2 Å². The Balaban J connectivity index is 1.32. The maximum Gasteiger partial charge on any atom is 0.274 e. The predicted octanol–water partition coefficient (Wildman–Crippen LogP) is 3.74. The maximum atomic E-state index is 12.6. The van der Waals surface area contributed by atoms with Crippen LogP contribution in [0.15, 0.2) is 54.6 Å². The van der Waals surface area contributed by atoms with Crippen molar-refractivity contribution in [3.05, 3.63) is 77.1 Å². The molecule has 0 bridgehead atoms. The second-order valence-corrected chi connectivity index (χ2v) is 8.22. The fraction of sp³-hybridized carbons (Fsp3) is 0.375. The first kappa shape index (κ1) is 20.3. The molecule has 1 aromatic heterocycles. The Morgan fingerprint density at radius 2 is 1.67 bits per heavy atom. The first-order valence-corrected chi connectivity index (χ1v) is 10.7. The van der Waals surface area contributed by atoms with Crippen molar-refractivity contribution in [3.63, 3.8) is 0 Å². The Morgan fingerprint density at radius 1 is 1.00 bits per heavy atom. The van der Waals surface area contributed by atoms with E-state index in [2.05, 4.69) is 51.6 Å². The highest BCUT2D eigenvalue weighted by Crippen LogP contribution is 2.18. The number of nitrogens with zero attached hydrogens (tertiary/aromatic N) is 4. The molecule has 156 valence electrons. The van der Waals surface area contributed by atoms with Crippen LogP contribution in [0.4, 0.5) is 0 Å². The number of hydrogen-bond acceptors (Lipinski definition) is 4. The number of piperidine rings is 1. The standard InChI is InChI=1S/C24H29N5O/c1-18-12-14-28(15-13-18)17-21-10-8-20(9-11-21)16-25-24(30)23-19(2)26-29(27-23)22-6-4-3-5-7-22/h3-11,18H,12-17H2,1-2H3,(H,25,30). The molecule has 2 heterocycles. The molecule has 1 amide bonds. The fourth-order valence-electron chi connectivity index (χ4n) is 3.77. The zero-order valence-electron chi connectivity index (χ0n) is 17.7. The van der Waals surface area contributed by atoms with Gasteiger partial charge in [0.1, 0.15) is 0 Å². The molecule has 0 saturated carbocycles. The molecular weight excluding hydrogens is 374 g/mol. The van der Waals surface area contributed by atoms with E-state index < -0.39 is 0 Å². The lowest BCUT2D eigenvalue weighted by Gasteiger charge is -2.30. The van der Waals surface area contributed by atoms with Crippen LogP contribution in [-0.4, -0.2) is 38.9 Å². The average molecular weight is 404 g/mol. The second-order valence-electron chi connectivity index (χ2n) is 8.22. The van der Waals surface area contributed by atoms with Crippen LogP contribution in [0, 0.1) is 12.8 Å². The Labute approximate surface area is 177 Å². The van der Waals surface area contributed by atoms with Gasteiger partial charge in [0.15, 0.2) is 5.69 Å². The van der Waals surface area contributed by atoms with Gasteiger partial charge in [0.25, 0.3) is 5.91 Å². The summed E-state index contributed by atoms with van der Waals surface area (Å²) < 4.78 is 0. The summed E-state index contributed by atoms with van der Waals surface area (Å²) in [6.07, 6.45) is 2.58. The number of aromatic nitrogens is 3. The monoisotopic (exact) mass is 403 g/mol. The number of carbonyl (C=O) groups excluding carboxylic acids is 1. The zero-order valence-corrected chi connectivity index (χ0v) is 17.7. The number of carbonyl (C=O) groups is 1. The largest absolute Gasteiger partial charge is 0.347 e. The molecule has 1 aliphatic heterocycles. The van der Waals surface area contributed by atoms with Crippen molar-refractivity contribution in [2.24, 2.45) is 5.92 Å². The van der Waals surface area contributed by atoms with Gasteiger partial charge in [-0.3, -0.25) is 9.69 Å². The van der Waals surface area contributed by atoms with Crippen LogP contribution in [0.1, 0.15) is 47.1 Å². The number of likely N-dealkylation sites (tertiary alicyclic amines) is 1. The quantitative estimate of drug-likeness (QED) is 0.681. The van der Waals surface area contributed by atoms with E-state index in [-0.39, 0.29) is 5.91 Å². The van der Waals surface area contributed by atoms with Crippen molar-refractivity contribution in [2.75, 3.05) is 13.1 Å². The first-order chi connectivity index (χ1) is 14.6. The highest BCUT2D eigenvalue weighted by molar-refractivity contribution is 5.93. The van der Waals surface area contributed by atoms with Crippen LogP contribution in [-0.2, 0) is 13.1 Å². The highest BCUT2D eigenvalue weighted by Gasteiger charge is 2.17. The van der Waals surface area contributed by atoms with Gasteiger partial charge in [-0.05, 0) is 62.0 Å². The van der Waals surface area contributed by atoms with Gasteiger partial charge in [0, 0.05) is 13.1 Å². The van der Waals surface area contributed by atoms with E-state index in [4.69, 9.17) is 0 Å². The Bertz CT molecular complexity index is 973. The highest BCUT2D eigenvalue weighted by atomic mass is 16.2. The molecule has 0 atom stereocenters. The molecule has 30 heavy (non-hydrogen) atoms. The smallest absolute Gasteiger partial charge is 0.274 e. The SMILES string of the molecule is Cc1nn(-c2ccccc2)nc1C(=O)NCc1ccc(CN2CCC(C)CC2)cc1. The third-order valence-corrected chi connectivity index (χ3v) is 5.74. The number of amides is 1. The molecular formula is C24H29N5O. The van der Waals surface area contributed by atoms with Gasteiger partial charge in [0.05, 0.1) is 11.4 Å². The van der Waals surface area contributed by atoms with Crippen molar-refractivity contribution in [2.45, 2.75) is 39.8 Å². The van der Waals surface area contributed by atoms with E-state index in [1.165, 1.54) is 36.3 Å². The van der Waals surface area contributed by atoms with E-state index in [0.29, 0.717) is 17.9 Å². The molecule has 0 radical (unpaired) electrons. The maximum absolute atomic E-state index is 12.6. The molecule has 2 aromatic carbocycles.